The predicted octanol–water partition coefficient (Wildman–Crippen LogP) is 2.01. The lowest BCUT2D eigenvalue weighted by Crippen LogP contribution is -2.27. The van der Waals surface area contributed by atoms with Crippen molar-refractivity contribution in [3.05, 3.63) is 74.2 Å². The average Bonchev–Trinajstić information content (AvgIpc) is 3.12. The lowest BCUT2D eigenvalue weighted by Gasteiger charge is -2.12. The lowest BCUT2D eigenvalue weighted by atomic mass is 10.0. The van der Waals surface area contributed by atoms with Crippen LogP contribution in [0.1, 0.15) is 47.4 Å². The average molecular weight is 405 g/mol. The molecule has 0 aliphatic heterocycles. The molecule has 2 aromatic heterocycles. The van der Waals surface area contributed by atoms with Crippen LogP contribution in [-0.2, 0) is 13.0 Å². The van der Waals surface area contributed by atoms with E-state index in [9.17, 15) is 15.0 Å². The summed E-state index contributed by atoms with van der Waals surface area (Å²) in [7, 11) is 0. The lowest BCUT2D eigenvalue weighted by molar-refractivity contribution is 0.174. The molecule has 3 rings (SSSR count). The molecule has 148 valence electrons. The smallest absolute Gasteiger partial charge is 0.270 e. The number of aliphatic hydroxyl groups is 2. The van der Waals surface area contributed by atoms with Gasteiger partial charge in [0.25, 0.3) is 5.56 Å². The van der Waals surface area contributed by atoms with Crippen molar-refractivity contribution in [2.24, 2.45) is 0 Å². The molecule has 0 aliphatic carbocycles. The first-order chi connectivity index (χ1) is 13.4. The summed E-state index contributed by atoms with van der Waals surface area (Å²) >= 11 is 5.85. The summed E-state index contributed by atoms with van der Waals surface area (Å²) in [6.07, 6.45) is 0.934. The molecule has 0 unspecified atom stereocenters. The van der Waals surface area contributed by atoms with Crippen LogP contribution >= 0.6 is 11.6 Å². The first-order valence-corrected chi connectivity index (χ1v) is 9.19. The quantitative estimate of drug-likeness (QED) is 0.619. The van der Waals surface area contributed by atoms with E-state index in [1.165, 1.54) is 4.68 Å². The third-order valence-corrected chi connectivity index (χ3v) is 4.81. The Bertz CT molecular complexity index is 1000. The number of rotatable bonds is 7. The van der Waals surface area contributed by atoms with Gasteiger partial charge in [-0.1, -0.05) is 35.8 Å². The molecular formula is C19H21ClN4O4. The summed E-state index contributed by atoms with van der Waals surface area (Å²) < 4.78 is 6.42. The van der Waals surface area contributed by atoms with Crippen LogP contribution in [0.3, 0.4) is 0 Å². The van der Waals surface area contributed by atoms with Crippen LogP contribution in [0.5, 0.6) is 0 Å². The third kappa shape index (κ3) is 4.46. The first-order valence-electron chi connectivity index (χ1n) is 8.81. The Hall–Kier alpha value is -2.55. The maximum absolute atomic E-state index is 12.5. The topological polar surface area (TPSA) is 114 Å². The zero-order valence-electron chi connectivity index (χ0n) is 15.5. The summed E-state index contributed by atoms with van der Waals surface area (Å²) in [5.41, 5.74) is 1.65. The molecule has 0 spiro atoms. The van der Waals surface area contributed by atoms with Gasteiger partial charge >= 0.3 is 0 Å². The van der Waals surface area contributed by atoms with Gasteiger partial charge in [0.15, 0.2) is 5.82 Å². The van der Waals surface area contributed by atoms with Crippen molar-refractivity contribution in [1.82, 2.24) is 19.9 Å². The normalized spacial score (nSPS) is 13.5. The summed E-state index contributed by atoms with van der Waals surface area (Å²) in [6, 6.07) is 6.86. The van der Waals surface area contributed by atoms with Crippen molar-refractivity contribution in [1.29, 1.82) is 0 Å². The van der Waals surface area contributed by atoms with Gasteiger partial charge in [0.2, 0.25) is 5.89 Å². The van der Waals surface area contributed by atoms with Gasteiger partial charge in [0, 0.05) is 29.5 Å². The summed E-state index contributed by atoms with van der Waals surface area (Å²) in [4.78, 5) is 16.7. The minimum absolute atomic E-state index is 0.0253. The summed E-state index contributed by atoms with van der Waals surface area (Å²) in [5, 5.41) is 28.2. The Morgan fingerprint density at radius 3 is 2.68 bits per heavy atom. The fourth-order valence-corrected chi connectivity index (χ4v) is 2.97. The highest BCUT2D eigenvalue weighted by molar-refractivity contribution is 6.30. The van der Waals surface area contributed by atoms with Gasteiger partial charge in [0.1, 0.15) is 6.54 Å². The van der Waals surface area contributed by atoms with Gasteiger partial charge in [-0.25, -0.2) is 4.68 Å². The Labute approximate surface area is 166 Å². The van der Waals surface area contributed by atoms with E-state index in [0.717, 1.165) is 0 Å². The molecule has 0 bridgehead atoms. The molecule has 2 atom stereocenters. The molecule has 1 aromatic carbocycles. The highest BCUT2D eigenvalue weighted by Crippen LogP contribution is 2.19. The molecule has 0 aliphatic rings. The van der Waals surface area contributed by atoms with Crippen LogP contribution in [0.15, 0.2) is 39.8 Å². The van der Waals surface area contributed by atoms with Crippen molar-refractivity contribution in [3.63, 3.8) is 0 Å². The Morgan fingerprint density at radius 2 is 2.00 bits per heavy atom. The van der Waals surface area contributed by atoms with E-state index >= 15 is 0 Å². The van der Waals surface area contributed by atoms with E-state index in [0.29, 0.717) is 27.5 Å². The van der Waals surface area contributed by atoms with Gasteiger partial charge in [-0.2, -0.15) is 10.1 Å². The van der Waals surface area contributed by atoms with Gasteiger partial charge < -0.3 is 14.7 Å². The summed E-state index contributed by atoms with van der Waals surface area (Å²) in [5.74, 6) is 0.377. The number of hydrogen-bond donors (Lipinski definition) is 2. The van der Waals surface area contributed by atoms with Crippen LogP contribution in [0.4, 0.5) is 0 Å². The first kappa shape index (κ1) is 20.2. The molecule has 0 fully saturated rings. The van der Waals surface area contributed by atoms with E-state index in [-0.39, 0.29) is 36.9 Å². The third-order valence-electron chi connectivity index (χ3n) is 4.56. The van der Waals surface area contributed by atoms with Gasteiger partial charge in [-0.05, 0) is 30.2 Å². The minimum Gasteiger partial charge on any atom is -0.396 e. The number of nitrogens with zero attached hydrogens (tertiary/aromatic N) is 4. The van der Waals surface area contributed by atoms with Crippen LogP contribution in [0, 0.1) is 6.92 Å². The Morgan fingerprint density at radius 1 is 1.29 bits per heavy atom. The van der Waals surface area contributed by atoms with E-state index in [1.807, 2.05) is 6.92 Å². The molecule has 0 amide bonds. The highest BCUT2D eigenvalue weighted by Gasteiger charge is 2.17. The van der Waals surface area contributed by atoms with Crippen molar-refractivity contribution in [2.75, 3.05) is 6.61 Å². The number of hydrogen-bond acceptors (Lipinski definition) is 7. The molecular weight excluding hydrogens is 384 g/mol. The Balaban J connectivity index is 1.72. The Kier molecular flexibility index (Phi) is 6.23. The zero-order valence-corrected chi connectivity index (χ0v) is 16.3. The molecule has 9 heteroatoms. The van der Waals surface area contributed by atoms with Crippen molar-refractivity contribution in [3.8, 4) is 0 Å². The van der Waals surface area contributed by atoms with Crippen LogP contribution in [-0.4, -0.2) is 36.7 Å². The molecule has 28 heavy (non-hydrogen) atoms. The standard InChI is InChI=1S/C19H21ClN4O4/c1-11(10-25)15-8-21-24(19(27)12(15)2)9-18-22-17(23-28-18)7-16(26)13-3-5-14(20)6-4-13/h3-6,8,11,16,25-26H,7,9-10H2,1-2H3/t11-,16+/m1/s1. The second-order valence-corrected chi connectivity index (χ2v) is 7.08. The van der Waals surface area contributed by atoms with Crippen LogP contribution in [0.2, 0.25) is 5.02 Å². The SMILES string of the molecule is Cc1c([C@H](C)CO)cnn(Cc2nc(C[C@H](O)c3ccc(Cl)cc3)no2)c1=O. The fourth-order valence-electron chi connectivity index (χ4n) is 2.85. The summed E-state index contributed by atoms with van der Waals surface area (Å²) in [6.45, 7) is 3.49. The molecule has 8 nitrogen and oxygen atoms in total. The second kappa shape index (κ2) is 8.64. The predicted molar refractivity (Wildman–Crippen MR) is 102 cm³/mol. The number of aliphatic hydroxyl groups excluding tert-OH is 2. The van der Waals surface area contributed by atoms with Crippen LogP contribution < -0.4 is 5.56 Å². The van der Waals surface area contributed by atoms with Crippen molar-refractivity contribution < 1.29 is 14.7 Å². The van der Waals surface area contributed by atoms with Crippen molar-refractivity contribution in [2.45, 2.75) is 38.8 Å². The highest BCUT2D eigenvalue weighted by atomic mass is 35.5. The van der Waals surface area contributed by atoms with Gasteiger partial charge in [-0.3, -0.25) is 4.79 Å². The van der Waals surface area contributed by atoms with Crippen LogP contribution in [0.25, 0.3) is 0 Å². The van der Waals surface area contributed by atoms with E-state index < -0.39 is 6.10 Å². The number of halogens is 1. The zero-order chi connectivity index (χ0) is 20.3. The largest absolute Gasteiger partial charge is 0.396 e. The van der Waals surface area contributed by atoms with Crippen molar-refractivity contribution >= 4 is 11.6 Å². The van der Waals surface area contributed by atoms with E-state index in [2.05, 4.69) is 15.2 Å². The van der Waals surface area contributed by atoms with Gasteiger partial charge in [-0.15, -0.1) is 0 Å². The molecule has 2 heterocycles. The molecule has 3 aromatic rings. The number of benzene rings is 1. The maximum Gasteiger partial charge on any atom is 0.270 e. The van der Waals surface area contributed by atoms with E-state index in [1.54, 1.807) is 37.4 Å². The monoisotopic (exact) mass is 404 g/mol. The number of aromatic nitrogens is 4. The molecule has 2 N–H and O–H groups in total. The fraction of sp³-hybridized carbons (Fsp3) is 0.368. The molecule has 0 saturated heterocycles. The second-order valence-electron chi connectivity index (χ2n) is 6.65. The molecule has 0 radical (unpaired) electrons. The maximum atomic E-state index is 12.5. The van der Waals surface area contributed by atoms with Gasteiger partial charge in [0.05, 0.1) is 12.3 Å². The molecule has 0 saturated carbocycles. The van der Waals surface area contributed by atoms with E-state index in [4.69, 9.17) is 16.1 Å². The minimum atomic E-state index is -0.801.